The van der Waals surface area contributed by atoms with E-state index in [0.717, 1.165) is 23.1 Å². The van der Waals surface area contributed by atoms with Crippen LogP contribution in [0.4, 0.5) is 11.4 Å². The van der Waals surface area contributed by atoms with Crippen molar-refractivity contribution in [2.45, 2.75) is 25.8 Å². The number of aliphatic carboxylic acids is 1. The van der Waals surface area contributed by atoms with Gasteiger partial charge >= 0.3 is 5.97 Å². The topological polar surface area (TPSA) is 114 Å². The molecule has 3 rings (SSSR count). The maximum absolute atomic E-state index is 11.9. The normalized spacial score (nSPS) is 11.7. The highest BCUT2D eigenvalue weighted by molar-refractivity contribution is 5.83. The Kier molecular flexibility index (Phi) is 7.14. The Morgan fingerprint density at radius 3 is 2.09 bits per heavy atom. The summed E-state index contributed by atoms with van der Waals surface area (Å²) in [6, 6.07) is 11.8. The molecule has 0 amide bonds. The first-order valence-corrected chi connectivity index (χ1v) is 10.3. The summed E-state index contributed by atoms with van der Waals surface area (Å²) >= 11 is 0. The molecule has 1 unspecified atom stereocenters. The second-order valence-electron chi connectivity index (χ2n) is 7.31. The molecule has 8 heteroatoms. The van der Waals surface area contributed by atoms with Gasteiger partial charge in [-0.05, 0) is 29.7 Å². The summed E-state index contributed by atoms with van der Waals surface area (Å²) in [4.78, 5) is 35.5. The molecule has 0 saturated heterocycles. The van der Waals surface area contributed by atoms with E-state index in [1.54, 1.807) is 14.2 Å². The highest BCUT2D eigenvalue weighted by Gasteiger charge is 2.26. The van der Waals surface area contributed by atoms with Crippen molar-refractivity contribution in [2.75, 3.05) is 31.4 Å². The summed E-state index contributed by atoms with van der Waals surface area (Å²) in [6.45, 7) is 2.45. The molecular formula is C24H26N2O6. The lowest BCUT2D eigenvalue weighted by Crippen LogP contribution is -2.42. The van der Waals surface area contributed by atoms with Crippen molar-refractivity contribution in [3.63, 3.8) is 0 Å². The van der Waals surface area contributed by atoms with Crippen LogP contribution in [0.3, 0.4) is 0 Å². The Morgan fingerprint density at radius 2 is 1.56 bits per heavy atom. The molecule has 0 aromatic heterocycles. The maximum Gasteiger partial charge on any atom is 0.326 e. The minimum absolute atomic E-state index is 0.0335. The molecule has 3 N–H and O–H groups in total. The van der Waals surface area contributed by atoms with Gasteiger partial charge in [0.15, 0.2) is 0 Å². The number of nitrogens with one attached hydrogen (secondary N) is 2. The number of anilines is 2. The van der Waals surface area contributed by atoms with E-state index in [4.69, 9.17) is 9.47 Å². The van der Waals surface area contributed by atoms with E-state index in [0.29, 0.717) is 18.0 Å². The second kappa shape index (κ2) is 10.00. The van der Waals surface area contributed by atoms with E-state index < -0.39 is 22.9 Å². The van der Waals surface area contributed by atoms with Crippen LogP contribution in [-0.2, 0) is 11.2 Å². The molecule has 0 aliphatic heterocycles. The fourth-order valence-corrected chi connectivity index (χ4v) is 3.50. The third-order valence-electron chi connectivity index (χ3n) is 5.19. The average molecular weight is 438 g/mol. The summed E-state index contributed by atoms with van der Waals surface area (Å²) in [6.07, 6.45) is 0.897. The molecule has 0 fully saturated rings. The molecule has 32 heavy (non-hydrogen) atoms. The SMILES string of the molecule is CCCNc1c(NC(Cc2ccc(-c3c(OC)cccc3OC)cc2)C(=O)O)c(=O)c1=O. The number of rotatable bonds is 11. The zero-order chi connectivity index (χ0) is 23.3. The molecule has 0 bridgehead atoms. The third-order valence-corrected chi connectivity index (χ3v) is 5.19. The monoisotopic (exact) mass is 438 g/mol. The summed E-state index contributed by atoms with van der Waals surface area (Å²) in [5.74, 6) is 0.207. The van der Waals surface area contributed by atoms with Gasteiger partial charge in [-0.15, -0.1) is 0 Å². The second-order valence-corrected chi connectivity index (χ2v) is 7.31. The smallest absolute Gasteiger partial charge is 0.326 e. The van der Waals surface area contributed by atoms with Crippen molar-refractivity contribution in [3.05, 3.63) is 68.5 Å². The number of ether oxygens (including phenoxy) is 2. The third kappa shape index (κ3) is 4.59. The summed E-state index contributed by atoms with van der Waals surface area (Å²) in [5.41, 5.74) is 1.27. The average Bonchev–Trinajstić information content (AvgIpc) is 2.82. The largest absolute Gasteiger partial charge is 0.496 e. The lowest BCUT2D eigenvalue weighted by Gasteiger charge is -2.20. The highest BCUT2D eigenvalue weighted by Crippen LogP contribution is 2.38. The molecular weight excluding hydrogens is 412 g/mol. The number of carboxylic acids is 1. The zero-order valence-corrected chi connectivity index (χ0v) is 18.2. The van der Waals surface area contributed by atoms with Crippen molar-refractivity contribution >= 4 is 17.3 Å². The van der Waals surface area contributed by atoms with Crippen molar-refractivity contribution in [1.82, 2.24) is 0 Å². The van der Waals surface area contributed by atoms with Crippen LogP contribution in [0.5, 0.6) is 11.5 Å². The summed E-state index contributed by atoms with van der Waals surface area (Å²) in [5, 5.41) is 15.3. The molecule has 168 valence electrons. The number of hydrogen-bond donors (Lipinski definition) is 3. The van der Waals surface area contributed by atoms with Crippen molar-refractivity contribution in [2.24, 2.45) is 0 Å². The van der Waals surface area contributed by atoms with Crippen LogP contribution < -0.4 is 31.0 Å². The fraction of sp³-hybridized carbons (Fsp3) is 0.292. The summed E-state index contributed by atoms with van der Waals surface area (Å²) in [7, 11) is 3.17. The molecule has 1 atom stereocenters. The summed E-state index contributed by atoms with van der Waals surface area (Å²) < 4.78 is 10.9. The molecule has 0 spiro atoms. The minimum atomic E-state index is -1.12. The Labute approximate surface area is 185 Å². The van der Waals surface area contributed by atoms with Gasteiger partial charge in [-0.1, -0.05) is 37.3 Å². The number of carboxylic acid groups (broad SMARTS) is 1. The van der Waals surface area contributed by atoms with Crippen LogP contribution in [0, 0.1) is 0 Å². The first-order valence-electron chi connectivity index (χ1n) is 10.3. The van der Waals surface area contributed by atoms with Gasteiger partial charge in [-0.3, -0.25) is 9.59 Å². The number of carbonyl (C=O) groups is 1. The Bertz CT molecular complexity index is 1140. The van der Waals surface area contributed by atoms with Gasteiger partial charge in [-0.25, -0.2) is 4.79 Å². The van der Waals surface area contributed by atoms with E-state index in [-0.39, 0.29) is 17.8 Å². The van der Waals surface area contributed by atoms with Gasteiger partial charge in [0, 0.05) is 13.0 Å². The predicted octanol–water partition coefficient (Wildman–Crippen LogP) is 2.90. The molecule has 0 heterocycles. The molecule has 8 nitrogen and oxygen atoms in total. The molecule has 3 aromatic carbocycles. The number of methoxy groups -OCH3 is 2. The maximum atomic E-state index is 11.9. The van der Waals surface area contributed by atoms with Crippen molar-refractivity contribution in [3.8, 4) is 22.6 Å². The minimum Gasteiger partial charge on any atom is -0.496 e. The first kappa shape index (κ1) is 22.9. The van der Waals surface area contributed by atoms with Crippen LogP contribution in [0.15, 0.2) is 52.1 Å². The Morgan fingerprint density at radius 1 is 0.969 bits per heavy atom. The lowest BCUT2D eigenvalue weighted by atomic mass is 9.99. The van der Waals surface area contributed by atoms with Gasteiger partial charge < -0.3 is 25.2 Å². The fourth-order valence-electron chi connectivity index (χ4n) is 3.50. The van der Waals surface area contributed by atoms with E-state index in [2.05, 4.69) is 10.6 Å². The molecule has 0 aliphatic carbocycles. The van der Waals surface area contributed by atoms with Crippen molar-refractivity contribution in [1.29, 1.82) is 0 Å². The highest BCUT2D eigenvalue weighted by atomic mass is 16.5. The van der Waals surface area contributed by atoms with Crippen LogP contribution >= 0.6 is 0 Å². The standard InChI is InChI=1S/C24H26N2O6/c1-4-12-25-20-21(23(28)22(20)27)26-16(24(29)30)13-14-8-10-15(11-9-14)19-17(31-2)6-5-7-18(19)32-3/h5-11,16,25-26H,4,12-13H2,1-3H3,(H,29,30). The van der Waals surface area contributed by atoms with Crippen LogP contribution in [0.1, 0.15) is 18.9 Å². The van der Waals surface area contributed by atoms with Gasteiger partial charge in [0.25, 0.3) is 10.9 Å². The van der Waals surface area contributed by atoms with Gasteiger partial charge in [0.1, 0.15) is 28.9 Å². The first-order chi connectivity index (χ1) is 15.4. The van der Waals surface area contributed by atoms with Gasteiger partial charge in [-0.2, -0.15) is 0 Å². The Balaban J connectivity index is 1.81. The van der Waals surface area contributed by atoms with Gasteiger partial charge in [0.2, 0.25) is 0 Å². The Hall–Kier alpha value is -3.81. The number of hydrogen-bond acceptors (Lipinski definition) is 7. The zero-order valence-electron chi connectivity index (χ0n) is 18.2. The van der Waals surface area contributed by atoms with Crippen LogP contribution in [-0.4, -0.2) is 37.9 Å². The van der Waals surface area contributed by atoms with Crippen LogP contribution in [0.2, 0.25) is 0 Å². The molecule has 3 aromatic rings. The molecule has 0 radical (unpaired) electrons. The number of benzene rings is 2. The van der Waals surface area contributed by atoms with E-state index in [1.165, 1.54) is 0 Å². The molecule has 0 aliphatic rings. The quantitative estimate of drug-likeness (QED) is 0.392. The predicted molar refractivity (Wildman–Crippen MR) is 124 cm³/mol. The van der Waals surface area contributed by atoms with E-state index >= 15 is 0 Å². The van der Waals surface area contributed by atoms with E-state index in [9.17, 15) is 19.5 Å². The van der Waals surface area contributed by atoms with Gasteiger partial charge in [0.05, 0.1) is 19.8 Å². The lowest BCUT2D eigenvalue weighted by molar-refractivity contribution is -0.137. The van der Waals surface area contributed by atoms with E-state index in [1.807, 2.05) is 49.4 Å². The van der Waals surface area contributed by atoms with Crippen LogP contribution in [0.25, 0.3) is 11.1 Å². The molecule has 0 saturated carbocycles. The van der Waals surface area contributed by atoms with Crippen molar-refractivity contribution < 1.29 is 19.4 Å².